The third-order valence-corrected chi connectivity index (χ3v) is 25.8. The number of hydrogen-bond donors (Lipinski definition) is 16. The highest BCUT2D eigenvalue weighted by Gasteiger charge is 2.48. The van der Waals surface area contributed by atoms with Gasteiger partial charge in [-0.2, -0.15) is 0 Å². The van der Waals surface area contributed by atoms with Crippen LogP contribution >= 0.6 is 93.5 Å². The van der Waals surface area contributed by atoms with Crippen LogP contribution in [0.3, 0.4) is 0 Å². The first-order valence-electron chi connectivity index (χ1n) is 39.8. The first-order valence-corrected chi connectivity index (χ1v) is 45.3. The van der Waals surface area contributed by atoms with Gasteiger partial charge in [0.25, 0.3) is 0 Å². The van der Waals surface area contributed by atoms with Crippen molar-refractivity contribution < 1.29 is 93.4 Å². The predicted octanol–water partition coefficient (Wildman–Crippen LogP) is 6.01. The van der Waals surface area contributed by atoms with Crippen LogP contribution in [0.5, 0.6) is 0 Å². The number of aromatic nitrogens is 14. The zero-order valence-corrected chi connectivity index (χ0v) is 73.2. The van der Waals surface area contributed by atoms with E-state index in [0.29, 0.717) is 98.8 Å². The van der Waals surface area contributed by atoms with Crippen molar-refractivity contribution in [2.75, 3.05) is 87.3 Å². The van der Waals surface area contributed by atoms with Gasteiger partial charge in [-0.05, 0) is 117 Å². The van der Waals surface area contributed by atoms with Crippen LogP contribution in [0, 0.1) is 29.3 Å². The van der Waals surface area contributed by atoms with E-state index in [9.17, 15) is 54.0 Å². The maximum atomic E-state index is 13.7. The van der Waals surface area contributed by atoms with E-state index in [1.165, 1.54) is 68.5 Å². The van der Waals surface area contributed by atoms with Crippen LogP contribution < -0.4 is 22.9 Å². The number of hydrogen-bond acceptors (Lipinski definition) is 36. The number of nitrogens with two attached hydrogens (primary N) is 4. The van der Waals surface area contributed by atoms with E-state index < -0.39 is 103 Å². The molecule has 0 bridgehead atoms. The van der Waals surface area contributed by atoms with E-state index in [-0.39, 0.29) is 109 Å². The summed E-state index contributed by atoms with van der Waals surface area (Å²) < 4.78 is 64.1. The lowest BCUT2D eigenvalue weighted by atomic mass is 9.98. The summed E-state index contributed by atoms with van der Waals surface area (Å²) in [6.07, 6.45) is -2.14. The minimum Gasteiger partial charge on any atom is -0.395 e. The Kier molecular flexibility index (Phi) is 40.0. The van der Waals surface area contributed by atoms with Gasteiger partial charge in [-0.1, -0.05) is 150 Å². The quantitative estimate of drug-likeness (QED) is 0.0130. The molecule has 0 spiro atoms. The summed E-state index contributed by atoms with van der Waals surface area (Å²) in [6, 6.07) is 9.41. The number of benzene rings is 2. The van der Waals surface area contributed by atoms with Crippen molar-refractivity contribution in [1.29, 1.82) is 0 Å². The molecule has 20 atom stereocenters. The highest BCUT2D eigenvalue weighted by Crippen LogP contribution is 2.50. The van der Waals surface area contributed by atoms with Crippen molar-refractivity contribution in [1.82, 2.24) is 69.9 Å². The van der Waals surface area contributed by atoms with E-state index >= 15 is 0 Å². The minimum atomic E-state index is -1.13. The fourth-order valence-electron chi connectivity index (χ4n) is 13.9. The van der Waals surface area contributed by atoms with Gasteiger partial charge in [-0.3, -0.25) is 0 Å². The molecule has 6 aliphatic carbocycles. The van der Waals surface area contributed by atoms with Gasteiger partial charge in [0.15, 0.2) is 75.2 Å². The Morgan fingerprint density at radius 3 is 1.31 bits per heavy atom. The number of halogens is 7. The molecule has 6 heterocycles. The summed E-state index contributed by atoms with van der Waals surface area (Å²) in [4.78, 5) is 34.7. The maximum Gasteiger partial charge on any atom is 0.191 e. The molecule has 6 aliphatic rings. The number of aliphatic hydroxyl groups is 12. The molecule has 6 saturated carbocycles. The summed E-state index contributed by atoms with van der Waals surface area (Å²) in [5.41, 5.74) is 28.0. The van der Waals surface area contributed by atoms with Crippen molar-refractivity contribution in [2.45, 2.75) is 235 Å². The second-order valence-corrected chi connectivity index (χ2v) is 35.1. The van der Waals surface area contributed by atoms with Crippen molar-refractivity contribution in [3.05, 3.63) is 103 Å². The van der Waals surface area contributed by atoms with Gasteiger partial charge in [-0.25, -0.2) is 62.4 Å². The molecule has 6 fully saturated rings. The van der Waals surface area contributed by atoms with E-state index in [0.717, 1.165) is 84.4 Å². The summed E-state index contributed by atoms with van der Waals surface area (Å²) in [7, 11) is 0. The second kappa shape index (κ2) is 48.6. The molecule has 14 rings (SSSR count). The molecule has 0 aliphatic heterocycles. The number of fused-ring (bicyclic) bond motifs is 2. The second-order valence-electron chi connectivity index (χ2n) is 29.4. The van der Waals surface area contributed by atoms with Crippen LogP contribution in [0.2, 0.25) is 20.6 Å². The van der Waals surface area contributed by atoms with Gasteiger partial charge in [-0.15, -0.1) is 10.2 Å². The lowest BCUT2D eigenvalue weighted by Crippen LogP contribution is -2.36. The van der Waals surface area contributed by atoms with E-state index in [1.807, 2.05) is 6.07 Å². The van der Waals surface area contributed by atoms with Gasteiger partial charge < -0.3 is 103 Å². The van der Waals surface area contributed by atoms with Gasteiger partial charge in [0.05, 0.1) is 119 Å². The molecule has 8 aromatic rings. The number of thioether (sulfide) groups is 4. The number of ether oxygens (including phenoxy) is 4. The van der Waals surface area contributed by atoms with E-state index in [2.05, 4.69) is 83.2 Å². The summed E-state index contributed by atoms with van der Waals surface area (Å²) >= 11 is 29.7. The monoisotopic (exact) mass is 1850 g/mol. The van der Waals surface area contributed by atoms with Crippen LogP contribution in [0.15, 0.2) is 63.1 Å². The smallest absolute Gasteiger partial charge is 0.191 e. The van der Waals surface area contributed by atoms with Crippen LogP contribution in [-0.4, -0.2) is 292 Å². The molecular weight excluding hydrogens is 1750 g/mol. The zero-order valence-electron chi connectivity index (χ0n) is 66.9. The van der Waals surface area contributed by atoms with Crippen LogP contribution in [0.4, 0.5) is 24.5 Å². The van der Waals surface area contributed by atoms with Crippen molar-refractivity contribution >= 4 is 127 Å². The molecular formula is C76H107Cl4F3N18O16S4. The molecule has 0 radical (unpaired) electrons. The lowest BCUT2D eigenvalue weighted by molar-refractivity contribution is -0.0631. The first-order chi connectivity index (χ1) is 58.0. The summed E-state index contributed by atoms with van der Waals surface area (Å²) in [5.74, 6) is 2.11. The fourth-order valence-corrected chi connectivity index (χ4v) is 17.7. The van der Waals surface area contributed by atoms with E-state index in [4.69, 9.17) is 114 Å². The Hall–Kier alpha value is -5.21. The van der Waals surface area contributed by atoms with Crippen molar-refractivity contribution in [2.24, 2.45) is 23.3 Å². The Balaban J connectivity index is 0.000000174. The molecule has 0 unspecified atom stereocenters. The van der Waals surface area contributed by atoms with Gasteiger partial charge in [0.2, 0.25) is 0 Å². The topological polar surface area (TPSA) is 548 Å². The zero-order chi connectivity index (χ0) is 87.9. The summed E-state index contributed by atoms with van der Waals surface area (Å²) in [6.45, 7) is 8.15. The largest absolute Gasteiger partial charge is 0.395 e. The van der Waals surface area contributed by atoms with Gasteiger partial charge in [0, 0.05) is 53.9 Å². The highest BCUT2D eigenvalue weighted by atomic mass is 35.5. The van der Waals surface area contributed by atoms with Gasteiger partial charge >= 0.3 is 0 Å². The SMILES string of the molecule is CCCSc1nc(C[C@@H]2C[C@H]2c2ccc(F)c(F)c2)c2nnn([C@@H]3C[C@H](OCCO)[C@@H](O)[C@H]3O)c2n1.CCCSc1nc(Cl)c(N)c(C[C@@H]2C[C@H](OCCO)[C@@H](O)[C@H]2O)n1.CCCSc1nc(Cl)c(N)c(Cl)n1.CCCSc1nc(Cl)c2nnn([C@@H]3C[C@H](OCCO)[C@@H](O)[C@H]3O)c2n1.N[C@@H]1C[C@H](OCCO)[C@@H](O)[C@H]1O.N[C@@H]1C[C@H]1c1cccc(F)c1. The third kappa shape index (κ3) is 27.2. The lowest BCUT2D eigenvalue weighted by Gasteiger charge is -2.17. The molecule has 20 N–H and O–H groups in total. The molecule has 121 heavy (non-hydrogen) atoms. The number of aliphatic hydroxyl groups excluding tert-OH is 12. The number of anilines is 2. The molecule has 34 nitrogen and oxygen atoms in total. The fraction of sp³-hybridized carbons (Fsp3) is 0.632. The molecule has 670 valence electrons. The first kappa shape index (κ1) is 99.6. The Bertz CT molecular complexity index is 4550. The standard InChI is InChI=1S/C24H29F2N5O4S.C15H24ClN3O4S.C14H20ClN5O4S.C9H10FN.C7H9Cl2N3S.C7H15NO4/c1-2-7-36-24-27-17(10-13-8-14(13)12-3-4-15(25)16(26)9-12)20-23(28-24)31(30-29-20)18-11-19(35-6-5-32)22(34)21(18)33;1-2-5-24-15-18-9(11(17)14(16)19-15)6-8-7-10(23-4-3-20)13(22)12(8)21;1-2-5-25-14-16-12(15)9-13(17-14)20(19-18-9)7-6-8(24-4-3-21)11(23)10(7)22;10-7-3-1-2-6(4-7)8-5-9(8)11;1-2-3-13-7-11-5(8)4(10)6(9)12-7;8-4-3-5(12-2-1-9)7(11)6(4)10/h3-4,9,13-14,18-19,21-22,32-34H,2,5-8,10-11H2,1H3;8,10,12-13,20-22H,2-7,17H2,1H3;7-8,10-11,21-23H,2-6H2,1H3;1-4,8-9H,5,11H2;2-3,10H2,1H3;4-7,9-11H,1-3,8H2/t13-,14-,18+,19-,21-,22+;8-,10+,12+,13-;7-,8+,10+,11-;8-,9+;;4-,5+,6+,7-/m0110.1/s1. The number of nitrogens with zero attached hydrogens (tertiary/aromatic N) is 14. The molecule has 2 aromatic carbocycles. The van der Waals surface area contributed by atoms with Crippen LogP contribution in [0.1, 0.15) is 138 Å². The van der Waals surface area contributed by atoms with Crippen molar-refractivity contribution in [3.63, 3.8) is 0 Å². The molecule has 0 amide bonds. The third-order valence-electron chi connectivity index (χ3n) is 20.4. The van der Waals surface area contributed by atoms with E-state index in [1.54, 1.807) is 18.2 Å². The van der Waals surface area contributed by atoms with Crippen LogP contribution in [-0.2, 0) is 31.8 Å². The van der Waals surface area contributed by atoms with Crippen molar-refractivity contribution in [3.8, 4) is 0 Å². The highest BCUT2D eigenvalue weighted by molar-refractivity contribution is 7.99. The average Bonchev–Trinajstić information content (AvgIpc) is 1.60. The Morgan fingerprint density at radius 1 is 0.421 bits per heavy atom. The molecule has 6 aromatic heterocycles. The molecule has 0 saturated heterocycles. The maximum absolute atomic E-state index is 13.7. The Morgan fingerprint density at radius 2 is 0.835 bits per heavy atom. The van der Waals surface area contributed by atoms with Crippen LogP contribution in [0.25, 0.3) is 22.3 Å². The average molecular weight is 1860 g/mol. The summed E-state index contributed by atoms with van der Waals surface area (Å²) in [5, 5.41) is 135. The van der Waals surface area contributed by atoms with Gasteiger partial charge in [0.1, 0.15) is 48.1 Å². The minimum absolute atomic E-state index is 0.0594. The number of nitrogen functional groups attached to an aromatic ring is 2. The number of rotatable bonds is 32. The molecule has 45 heteroatoms. The predicted molar refractivity (Wildman–Crippen MR) is 453 cm³/mol. The normalized spacial score (nSPS) is 27.0. The Labute approximate surface area is 733 Å².